The van der Waals surface area contributed by atoms with Gasteiger partial charge < -0.3 is 15.6 Å². The molecule has 2 aromatic carbocycles. The van der Waals surface area contributed by atoms with E-state index in [0.29, 0.717) is 18.8 Å². The number of carbonyl (C=O) groups excluding carboxylic acids is 1. The minimum atomic E-state index is -1.02. The molecule has 0 heterocycles. The standard InChI is InChI=1S/C20H21NO4S/c21-18(20(23)24)9-10-26-12-19(22)25-11-17-15-7-3-1-5-13(15)14-6-2-4-8-16(14)17/h1-8,17-18H,9-12,21H2,(H,23,24)/t18-/m1/s1. The summed E-state index contributed by atoms with van der Waals surface area (Å²) in [5, 5.41) is 8.73. The monoisotopic (exact) mass is 371 g/mol. The summed E-state index contributed by atoms with van der Waals surface area (Å²) in [5.74, 6) is -0.552. The molecule has 5 nitrogen and oxygen atoms in total. The van der Waals surface area contributed by atoms with Gasteiger partial charge in [0.05, 0.1) is 5.75 Å². The Morgan fingerprint density at radius 2 is 1.65 bits per heavy atom. The summed E-state index contributed by atoms with van der Waals surface area (Å²) in [4.78, 5) is 22.7. The van der Waals surface area contributed by atoms with Gasteiger partial charge >= 0.3 is 11.9 Å². The van der Waals surface area contributed by atoms with Crippen molar-refractivity contribution >= 4 is 23.7 Å². The number of nitrogens with two attached hydrogens (primary N) is 1. The molecule has 0 amide bonds. The summed E-state index contributed by atoms with van der Waals surface area (Å²) in [5.41, 5.74) is 10.2. The molecule has 0 aromatic heterocycles. The molecule has 0 fully saturated rings. The summed E-state index contributed by atoms with van der Waals surface area (Å²) < 4.78 is 5.49. The number of esters is 1. The zero-order valence-electron chi connectivity index (χ0n) is 14.3. The van der Waals surface area contributed by atoms with Crippen molar-refractivity contribution in [1.29, 1.82) is 0 Å². The van der Waals surface area contributed by atoms with Crippen molar-refractivity contribution in [2.75, 3.05) is 18.1 Å². The molecule has 0 unspecified atom stereocenters. The third kappa shape index (κ3) is 4.08. The lowest BCUT2D eigenvalue weighted by Crippen LogP contribution is -2.30. The van der Waals surface area contributed by atoms with E-state index in [0.717, 1.165) is 0 Å². The first kappa shape index (κ1) is 18.5. The maximum Gasteiger partial charge on any atom is 0.320 e. The van der Waals surface area contributed by atoms with Crippen molar-refractivity contribution < 1.29 is 19.4 Å². The second-order valence-corrected chi connectivity index (χ2v) is 7.30. The fourth-order valence-electron chi connectivity index (χ4n) is 3.15. The van der Waals surface area contributed by atoms with E-state index in [1.54, 1.807) is 0 Å². The van der Waals surface area contributed by atoms with E-state index in [9.17, 15) is 9.59 Å². The van der Waals surface area contributed by atoms with E-state index in [-0.39, 0.29) is 17.6 Å². The molecule has 3 N–H and O–H groups in total. The van der Waals surface area contributed by atoms with Gasteiger partial charge in [-0.05, 0) is 34.4 Å². The van der Waals surface area contributed by atoms with Crippen molar-refractivity contribution in [3.05, 3.63) is 59.7 Å². The predicted molar refractivity (Wildman–Crippen MR) is 102 cm³/mol. The molecule has 0 radical (unpaired) electrons. The lowest BCUT2D eigenvalue weighted by Gasteiger charge is -2.14. The van der Waals surface area contributed by atoms with Crippen molar-refractivity contribution in [3.63, 3.8) is 0 Å². The number of carbonyl (C=O) groups is 2. The number of fused-ring (bicyclic) bond motifs is 3. The molecule has 0 bridgehead atoms. The summed E-state index contributed by atoms with van der Waals surface area (Å²) in [7, 11) is 0. The van der Waals surface area contributed by atoms with E-state index in [1.807, 2.05) is 24.3 Å². The Kier molecular flexibility index (Phi) is 5.96. The minimum absolute atomic E-state index is 0.0526. The minimum Gasteiger partial charge on any atom is -0.480 e. The lowest BCUT2D eigenvalue weighted by molar-refractivity contribution is -0.140. The third-order valence-corrected chi connectivity index (χ3v) is 5.45. The molecule has 0 saturated heterocycles. The number of hydrogen-bond acceptors (Lipinski definition) is 5. The van der Waals surface area contributed by atoms with Crippen LogP contribution in [0.2, 0.25) is 0 Å². The van der Waals surface area contributed by atoms with Crippen LogP contribution in [-0.2, 0) is 14.3 Å². The average Bonchev–Trinajstić information content (AvgIpc) is 2.97. The molecule has 6 heteroatoms. The molecule has 1 atom stereocenters. The summed E-state index contributed by atoms with van der Waals surface area (Å²) in [6, 6.07) is 15.5. The van der Waals surface area contributed by atoms with Crippen molar-refractivity contribution in [2.45, 2.75) is 18.4 Å². The van der Waals surface area contributed by atoms with Crippen LogP contribution >= 0.6 is 11.8 Å². The highest BCUT2D eigenvalue weighted by atomic mass is 32.2. The first-order valence-corrected chi connectivity index (χ1v) is 9.63. The predicted octanol–water partition coefficient (Wildman–Crippen LogP) is 2.88. The zero-order chi connectivity index (χ0) is 18.5. The van der Waals surface area contributed by atoms with Gasteiger partial charge in [0.1, 0.15) is 12.6 Å². The van der Waals surface area contributed by atoms with E-state index in [1.165, 1.54) is 34.0 Å². The van der Waals surface area contributed by atoms with E-state index in [4.69, 9.17) is 15.6 Å². The fraction of sp³-hybridized carbons (Fsp3) is 0.300. The van der Waals surface area contributed by atoms with Crippen LogP contribution in [0.25, 0.3) is 11.1 Å². The number of thioether (sulfide) groups is 1. The number of rotatable bonds is 8. The highest BCUT2D eigenvalue weighted by molar-refractivity contribution is 7.99. The van der Waals surface area contributed by atoms with Gasteiger partial charge in [0.15, 0.2) is 0 Å². The van der Waals surface area contributed by atoms with E-state index < -0.39 is 12.0 Å². The molecule has 0 aliphatic heterocycles. The third-order valence-electron chi connectivity index (χ3n) is 4.48. The number of benzene rings is 2. The largest absolute Gasteiger partial charge is 0.480 e. The van der Waals surface area contributed by atoms with Crippen LogP contribution in [0.1, 0.15) is 23.5 Å². The summed E-state index contributed by atoms with van der Waals surface area (Å²) >= 11 is 1.34. The van der Waals surface area contributed by atoms with Crippen LogP contribution in [-0.4, -0.2) is 41.2 Å². The van der Waals surface area contributed by atoms with E-state index >= 15 is 0 Å². The lowest BCUT2D eigenvalue weighted by atomic mass is 9.98. The van der Waals surface area contributed by atoms with Crippen LogP contribution in [0.3, 0.4) is 0 Å². The Labute approximate surface area is 156 Å². The number of ether oxygens (including phenoxy) is 1. The number of aliphatic carboxylic acids is 1. The maximum absolute atomic E-state index is 12.0. The molecule has 1 aliphatic carbocycles. The second kappa shape index (κ2) is 8.38. The zero-order valence-corrected chi connectivity index (χ0v) is 15.1. The van der Waals surface area contributed by atoms with Gasteiger partial charge in [-0.15, -0.1) is 0 Å². The first-order chi connectivity index (χ1) is 12.6. The van der Waals surface area contributed by atoms with Gasteiger partial charge in [-0.25, -0.2) is 0 Å². The molecule has 0 saturated carbocycles. The molecule has 3 rings (SSSR count). The smallest absolute Gasteiger partial charge is 0.320 e. The number of carboxylic acid groups (broad SMARTS) is 1. The highest BCUT2D eigenvalue weighted by Crippen LogP contribution is 2.44. The van der Waals surface area contributed by atoms with Crippen LogP contribution in [0, 0.1) is 0 Å². The molecule has 0 spiro atoms. The van der Waals surface area contributed by atoms with Crippen LogP contribution < -0.4 is 5.73 Å². The normalized spacial score (nSPS) is 13.7. The Bertz CT molecular complexity index is 762. The summed E-state index contributed by atoms with van der Waals surface area (Å²) in [6.45, 7) is 0.308. The Balaban J connectivity index is 1.53. The Hall–Kier alpha value is -2.31. The van der Waals surface area contributed by atoms with Crippen molar-refractivity contribution in [3.8, 4) is 11.1 Å². The average molecular weight is 371 g/mol. The SMILES string of the molecule is N[C@H](CCSCC(=O)OCC1c2ccccc2-c2ccccc21)C(=O)O. The molecular formula is C20H21NO4S. The van der Waals surface area contributed by atoms with Crippen molar-refractivity contribution in [1.82, 2.24) is 0 Å². The molecular weight excluding hydrogens is 350 g/mol. The van der Waals surface area contributed by atoms with Crippen LogP contribution in [0.15, 0.2) is 48.5 Å². The summed E-state index contributed by atoms with van der Waals surface area (Å²) in [6.07, 6.45) is 0.330. The topological polar surface area (TPSA) is 89.6 Å². The van der Waals surface area contributed by atoms with Gasteiger partial charge in [0.25, 0.3) is 0 Å². The Morgan fingerprint density at radius 1 is 1.08 bits per heavy atom. The van der Waals surface area contributed by atoms with E-state index in [2.05, 4.69) is 24.3 Å². The van der Waals surface area contributed by atoms with Gasteiger partial charge in [0.2, 0.25) is 0 Å². The molecule has 1 aliphatic rings. The number of carboxylic acids is 1. The van der Waals surface area contributed by atoms with Gasteiger partial charge in [-0.2, -0.15) is 11.8 Å². The molecule has 26 heavy (non-hydrogen) atoms. The van der Waals surface area contributed by atoms with Crippen molar-refractivity contribution in [2.24, 2.45) is 5.73 Å². The van der Waals surface area contributed by atoms with Gasteiger partial charge in [-0.1, -0.05) is 48.5 Å². The fourth-order valence-corrected chi connectivity index (χ4v) is 3.96. The maximum atomic E-state index is 12.0. The molecule has 136 valence electrons. The Morgan fingerprint density at radius 3 is 2.23 bits per heavy atom. The van der Waals surface area contributed by atoms with Gasteiger partial charge in [-0.3, -0.25) is 9.59 Å². The molecule has 2 aromatic rings. The van der Waals surface area contributed by atoms with Crippen LogP contribution in [0.4, 0.5) is 0 Å². The first-order valence-electron chi connectivity index (χ1n) is 8.48. The van der Waals surface area contributed by atoms with Gasteiger partial charge in [0, 0.05) is 5.92 Å². The van der Waals surface area contributed by atoms with Crippen LogP contribution in [0.5, 0.6) is 0 Å². The highest BCUT2D eigenvalue weighted by Gasteiger charge is 2.28. The number of hydrogen-bond donors (Lipinski definition) is 2. The second-order valence-electron chi connectivity index (χ2n) is 6.20. The quantitative estimate of drug-likeness (QED) is 0.548.